The number of aryl methyl sites for hydroxylation is 1. The molecule has 1 unspecified atom stereocenters. The molecule has 3 nitrogen and oxygen atoms in total. The molecule has 1 atom stereocenters. The lowest BCUT2D eigenvalue weighted by atomic mass is 9.98. The fourth-order valence-electron chi connectivity index (χ4n) is 2.47. The van der Waals surface area contributed by atoms with E-state index < -0.39 is 0 Å². The van der Waals surface area contributed by atoms with Crippen LogP contribution in [0.3, 0.4) is 0 Å². The van der Waals surface area contributed by atoms with Gasteiger partial charge in [-0.3, -0.25) is 4.79 Å². The van der Waals surface area contributed by atoms with E-state index in [0.29, 0.717) is 0 Å². The first-order valence-corrected chi connectivity index (χ1v) is 7.34. The van der Waals surface area contributed by atoms with Crippen molar-refractivity contribution >= 4 is 11.6 Å². The zero-order chi connectivity index (χ0) is 13.7. The minimum Gasteiger partial charge on any atom is -0.385 e. The predicted molar refractivity (Wildman–Crippen MR) is 79.4 cm³/mol. The first-order chi connectivity index (χ1) is 9.22. The van der Waals surface area contributed by atoms with E-state index in [9.17, 15) is 4.79 Å². The first kappa shape index (κ1) is 13.9. The summed E-state index contributed by atoms with van der Waals surface area (Å²) in [6.45, 7) is 5.80. The number of benzene rings is 1. The zero-order valence-corrected chi connectivity index (χ0v) is 12.0. The van der Waals surface area contributed by atoms with E-state index in [1.54, 1.807) is 0 Å². The van der Waals surface area contributed by atoms with Crippen molar-refractivity contribution in [3.63, 3.8) is 0 Å². The lowest BCUT2D eigenvalue weighted by Gasteiger charge is -2.21. The van der Waals surface area contributed by atoms with Crippen LogP contribution in [-0.4, -0.2) is 19.0 Å². The Morgan fingerprint density at radius 2 is 2.32 bits per heavy atom. The molecular weight excluding hydrogens is 236 g/mol. The second-order valence-electron chi connectivity index (χ2n) is 5.33. The van der Waals surface area contributed by atoms with Gasteiger partial charge in [-0.05, 0) is 36.8 Å². The van der Waals surface area contributed by atoms with Crippen LogP contribution in [0.2, 0.25) is 0 Å². The maximum Gasteiger partial charge on any atom is 0.222 e. The standard InChI is InChI=1S/C16H24N2O/c1-3-12(2)16(19)18-11-9-14-7-4-6-13-8-5-10-17-15(13)14/h4,6-7,12,17H,3,5,8-11H2,1-2H3,(H,18,19). The fraction of sp³-hybridized carbons (Fsp3) is 0.562. The number of para-hydroxylation sites is 1. The molecule has 0 aromatic heterocycles. The molecule has 1 aliphatic heterocycles. The molecule has 0 spiro atoms. The fourth-order valence-corrected chi connectivity index (χ4v) is 2.47. The number of rotatable bonds is 5. The van der Waals surface area contributed by atoms with Crippen LogP contribution in [0.4, 0.5) is 5.69 Å². The quantitative estimate of drug-likeness (QED) is 0.854. The summed E-state index contributed by atoms with van der Waals surface area (Å²) in [5.41, 5.74) is 4.03. The van der Waals surface area contributed by atoms with Crippen molar-refractivity contribution in [3.8, 4) is 0 Å². The van der Waals surface area contributed by atoms with Gasteiger partial charge in [0.2, 0.25) is 5.91 Å². The SMILES string of the molecule is CCC(C)C(=O)NCCc1cccc2c1NCCC2. The average molecular weight is 260 g/mol. The van der Waals surface area contributed by atoms with Crippen LogP contribution in [0.5, 0.6) is 0 Å². The van der Waals surface area contributed by atoms with Crippen molar-refractivity contribution in [2.45, 2.75) is 39.5 Å². The predicted octanol–water partition coefficient (Wildman–Crippen LogP) is 2.75. The molecule has 1 aromatic rings. The Morgan fingerprint density at radius 1 is 1.47 bits per heavy atom. The average Bonchev–Trinajstić information content (AvgIpc) is 2.46. The summed E-state index contributed by atoms with van der Waals surface area (Å²) < 4.78 is 0. The smallest absolute Gasteiger partial charge is 0.222 e. The van der Waals surface area contributed by atoms with Crippen LogP contribution in [0.25, 0.3) is 0 Å². The molecule has 0 saturated heterocycles. The number of hydrogen-bond donors (Lipinski definition) is 2. The van der Waals surface area contributed by atoms with Gasteiger partial charge in [-0.2, -0.15) is 0 Å². The van der Waals surface area contributed by atoms with Crippen molar-refractivity contribution in [1.29, 1.82) is 0 Å². The van der Waals surface area contributed by atoms with Crippen LogP contribution >= 0.6 is 0 Å². The van der Waals surface area contributed by atoms with Gasteiger partial charge < -0.3 is 10.6 Å². The minimum atomic E-state index is 0.114. The molecule has 1 aliphatic rings. The van der Waals surface area contributed by atoms with E-state index in [1.165, 1.54) is 23.2 Å². The Hall–Kier alpha value is -1.51. The van der Waals surface area contributed by atoms with E-state index >= 15 is 0 Å². The van der Waals surface area contributed by atoms with Crippen molar-refractivity contribution in [1.82, 2.24) is 5.32 Å². The van der Waals surface area contributed by atoms with Gasteiger partial charge in [-0.1, -0.05) is 32.0 Å². The number of fused-ring (bicyclic) bond motifs is 1. The summed E-state index contributed by atoms with van der Waals surface area (Å²) in [5, 5.41) is 6.51. The molecule has 19 heavy (non-hydrogen) atoms. The third-order valence-electron chi connectivity index (χ3n) is 3.92. The maximum atomic E-state index is 11.7. The van der Waals surface area contributed by atoms with Gasteiger partial charge in [0.25, 0.3) is 0 Å². The van der Waals surface area contributed by atoms with Crippen LogP contribution in [-0.2, 0) is 17.6 Å². The van der Waals surface area contributed by atoms with E-state index in [1.807, 2.05) is 13.8 Å². The van der Waals surface area contributed by atoms with E-state index in [4.69, 9.17) is 0 Å². The first-order valence-electron chi connectivity index (χ1n) is 7.34. The van der Waals surface area contributed by atoms with Crippen LogP contribution in [0.1, 0.15) is 37.8 Å². The summed E-state index contributed by atoms with van der Waals surface area (Å²) in [6, 6.07) is 6.48. The maximum absolute atomic E-state index is 11.7. The van der Waals surface area contributed by atoms with Crippen molar-refractivity contribution in [3.05, 3.63) is 29.3 Å². The second kappa shape index (κ2) is 6.60. The van der Waals surface area contributed by atoms with Crippen LogP contribution < -0.4 is 10.6 Å². The van der Waals surface area contributed by atoms with Crippen molar-refractivity contribution in [2.75, 3.05) is 18.4 Å². The monoisotopic (exact) mass is 260 g/mol. The highest BCUT2D eigenvalue weighted by Gasteiger charge is 2.13. The molecule has 0 saturated carbocycles. The molecule has 2 rings (SSSR count). The normalized spacial score (nSPS) is 15.3. The summed E-state index contributed by atoms with van der Waals surface area (Å²) in [4.78, 5) is 11.7. The largest absolute Gasteiger partial charge is 0.385 e. The summed E-state index contributed by atoms with van der Waals surface area (Å²) in [6.07, 6.45) is 4.17. The third kappa shape index (κ3) is 3.49. The van der Waals surface area contributed by atoms with E-state index in [0.717, 1.165) is 32.4 Å². The van der Waals surface area contributed by atoms with Crippen LogP contribution in [0, 0.1) is 5.92 Å². The summed E-state index contributed by atoms with van der Waals surface area (Å²) >= 11 is 0. The Labute approximate surface area is 115 Å². The summed E-state index contributed by atoms with van der Waals surface area (Å²) in [5.74, 6) is 0.281. The highest BCUT2D eigenvalue weighted by molar-refractivity contribution is 5.78. The molecule has 0 fully saturated rings. The minimum absolute atomic E-state index is 0.114. The Morgan fingerprint density at radius 3 is 3.11 bits per heavy atom. The topological polar surface area (TPSA) is 41.1 Å². The number of carbonyl (C=O) groups is 1. The lowest BCUT2D eigenvalue weighted by molar-refractivity contribution is -0.124. The molecule has 1 aromatic carbocycles. The zero-order valence-electron chi connectivity index (χ0n) is 12.0. The number of carbonyl (C=O) groups excluding carboxylic acids is 1. The van der Waals surface area contributed by atoms with Gasteiger partial charge in [0.05, 0.1) is 0 Å². The third-order valence-corrected chi connectivity index (χ3v) is 3.92. The number of hydrogen-bond acceptors (Lipinski definition) is 2. The molecule has 0 aliphatic carbocycles. The Bertz CT molecular complexity index is 442. The van der Waals surface area contributed by atoms with Gasteiger partial charge in [0.15, 0.2) is 0 Å². The highest BCUT2D eigenvalue weighted by Crippen LogP contribution is 2.26. The number of amides is 1. The van der Waals surface area contributed by atoms with E-state index in [-0.39, 0.29) is 11.8 Å². The van der Waals surface area contributed by atoms with Gasteiger partial charge in [-0.25, -0.2) is 0 Å². The highest BCUT2D eigenvalue weighted by atomic mass is 16.1. The van der Waals surface area contributed by atoms with Gasteiger partial charge >= 0.3 is 0 Å². The molecule has 2 N–H and O–H groups in total. The molecule has 1 amide bonds. The van der Waals surface area contributed by atoms with Crippen molar-refractivity contribution in [2.24, 2.45) is 5.92 Å². The number of anilines is 1. The van der Waals surface area contributed by atoms with Gasteiger partial charge in [-0.15, -0.1) is 0 Å². The number of nitrogens with one attached hydrogen (secondary N) is 2. The van der Waals surface area contributed by atoms with Gasteiger partial charge in [0.1, 0.15) is 0 Å². The molecule has 3 heteroatoms. The molecule has 0 radical (unpaired) electrons. The Balaban J connectivity index is 1.91. The van der Waals surface area contributed by atoms with Crippen molar-refractivity contribution < 1.29 is 4.79 Å². The molecule has 1 heterocycles. The van der Waals surface area contributed by atoms with E-state index in [2.05, 4.69) is 28.8 Å². The lowest BCUT2D eigenvalue weighted by Crippen LogP contribution is -2.30. The summed E-state index contributed by atoms with van der Waals surface area (Å²) in [7, 11) is 0. The molecule has 0 bridgehead atoms. The molecular formula is C16H24N2O. The molecule has 104 valence electrons. The van der Waals surface area contributed by atoms with Crippen LogP contribution in [0.15, 0.2) is 18.2 Å². The Kier molecular flexibility index (Phi) is 4.83. The van der Waals surface area contributed by atoms with Gasteiger partial charge in [0, 0.05) is 24.7 Å². The second-order valence-corrected chi connectivity index (χ2v) is 5.33.